The molecule has 2 atom stereocenters. The van der Waals surface area contributed by atoms with Gasteiger partial charge in [-0.25, -0.2) is 8.42 Å². The highest BCUT2D eigenvalue weighted by Crippen LogP contribution is 2.63. The summed E-state index contributed by atoms with van der Waals surface area (Å²) in [5.74, 6) is -0.102. The van der Waals surface area contributed by atoms with Crippen LogP contribution in [-0.4, -0.2) is 20.8 Å². The Kier molecular flexibility index (Phi) is 4.20. The number of benzene rings is 2. The molecular formula is C18H13ClN2O3S. The fourth-order valence-corrected chi connectivity index (χ4v) is 5.42. The summed E-state index contributed by atoms with van der Waals surface area (Å²) in [4.78, 5) is 0.0489. The molecule has 25 heavy (non-hydrogen) atoms. The van der Waals surface area contributed by atoms with Crippen molar-refractivity contribution in [2.45, 2.75) is 16.1 Å². The second kappa shape index (κ2) is 6.07. The van der Waals surface area contributed by atoms with E-state index in [2.05, 4.69) is 0 Å². The Balaban J connectivity index is 2.06. The molecule has 1 aliphatic rings. The summed E-state index contributed by atoms with van der Waals surface area (Å²) in [6, 6.07) is 16.3. The van der Waals surface area contributed by atoms with Gasteiger partial charge >= 0.3 is 0 Å². The summed E-state index contributed by atoms with van der Waals surface area (Å²) in [5.41, 5.74) is -0.987. The average Bonchev–Trinajstić information content (AvgIpc) is 3.33. The summed E-state index contributed by atoms with van der Waals surface area (Å²) in [6.45, 7) is 0. The first-order chi connectivity index (χ1) is 11.9. The molecule has 0 amide bonds. The Morgan fingerprint density at radius 2 is 1.60 bits per heavy atom. The van der Waals surface area contributed by atoms with Crippen molar-refractivity contribution in [1.29, 1.82) is 10.5 Å². The number of nitrogens with zero attached hydrogens (tertiary/aromatic N) is 2. The first-order valence-corrected chi connectivity index (χ1v) is 9.29. The lowest BCUT2D eigenvalue weighted by Crippen LogP contribution is -2.14. The van der Waals surface area contributed by atoms with Crippen LogP contribution in [0.15, 0.2) is 53.4 Å². The maximum Gasteiger partial charge on any atom is 0.184 e. The smallest absolute Gasteiger partial charge is 0.184 e. The minimum atomic E-state index is -3.86. The molecule has 2 aromatic carbocycles. The normalized spacial score (nSPS) is 21.0. The van der Waals surface area contributed by atoms with Crippen molar-refractivity contribution < 1.29 is 13.2 Å². The molecule has 0 heterocycles. The molecule has 0 saturated heterocycles. The first-order valence-electron chi connectivity index (χ1n) is 7.36. The van der Waals surface area contributed by atoms with E-state index in [0.717, 1.165) is 0 Å². The molecule has 0 aromatic heterocycles. The quantitative estimate of drug-likeness (QED) is 0.820. The highest BCUT2D eigenvalue weighted by atomic mass is 35.5. The third kappa shape index (κ3) is 2.64. The molecule has 2 aromatic rings. The van der Waals surface area contributed by atoms with Crippen LogP contribution in [0.1, 0.15) is 11.5 Å². The summed E-state index contributed by atoms with van der Waals surface area (Å²) in [6.07, 6.45) is 0. The monoisotopic (exact) mass is 372 g/mol. The molecule has 3 rings (SSSR count). The SMILES string of the molecule is COc1ccc([C@@H]2[C@@H](S(=O)(=O)c3ccc(Cl)cc3)C2(C#N)C#N)cc1. The van der Waals surface area contributed by atoms with Crippen LogP contribution in [0, 0.1) is 28.1 Å². The van der Waals surface area contributed by atoms with Crippen LogP contribution in [0.3, 0.4) is 0 Å². The van der Waals surface area contributed by atoms with Crippen LogP contribution in [0.5, 0.6) is 5.75 Å². The second-order valence-electron chi connectivity index (χ2n) is 5.76. The van der Waals surface area contributed by atoms with Crippen LogP contribution in [0.2, 0.25) is 5.02 Å². The fourth-order valence-electron chi connectivity index (χ4n) is 3.09. The summed E-state index contributed by atoms with van der Waals surface area (Å²) in [7, 11) is -2.34. The van der Waals surface area contributed by atoms with Gasteiger partial charge in [0.1, 0.15) is 11.0 Å². The minimum absolute atomic E-state index is 0.0489. The predicted octanol–water partition coefficient (Wildman–Crippen LogP) is 3.32. The molecule has 1 aliphatic carbocycles. The van der Waals surface area contributed by atoms with Crippen LogP contribution < -0.4 is 4.74 Å². The Hall–Kier alpha value is -2.54. The van der Waals surface area contributed by atoms with Crippen molar-refractivity contribution in [3.63, 3.8) is 0 Å². The molecule has 1 fully saturated rings. The maximum atomic E-state index is 13.0. The molecule has 0 unspecified atom stereocenters. The van der Waals surface area contributed by atoms with Gasteiger partial charge < -0.3 is 4.74 Å². The number of hydrogen-bond acceptors (Lipinski definition) is 5. The third-order valence-electron chi connectivity index (χ3n) is 4.45. The zero-order valence-corrected chi connectivity index (χ0v) is 14.8. The van der Waals surface area contributed by atoms with Crippen molar-refractivity contribution in [3.8, 4) is 17.9 Å². The minimum Gasteiger partial charge on any atom is -0.497 e. The number of ether oxygens (including phenoxy) is 1. The van der Waals surface area contributed by atoms with Gasteiger partial charge in [-0.05, 0) is 42.0 Å². The summed E-state index contributed by atoms with van der Waals surface area (Å²) < 4.78 is 31.0. The lowest BCUT2D eigenvalue weighted by molar-refractivity contribution is 0.414. The lowest BCUT2D eigenvalue weighted by atomic mass is 10.0. The van der Waals surface area contributed by atoms with Crippen LogP contribution in [0.25, 0.3) is 0 Å². The zero-order chi connectivity index (χ0) is 18.2. The van der Waals surface area contributed by atoms with E-state index in [1.54, 1.807) is 24.3 Å². The van der Waals surface area contributed by atoms with Gasteiger partial charge in [-0.1, -0.05) is 23.7 Å². The van der Waals surface area contributed by atoms with E-state index in [0.29, 0.717) is 16.3 Å². The first kappa shape index (κ1) is 17.3. The van der Waals surface area contributed by atoms with Crippen molar-refractivity contribution in [3.05, 3.63) is 59.1 Å². The van der Waals surface area contributed by atoms with Crippen LogP contribution in [0.4, 0.5) is 0 Å². The predicted molar refractivity (Wildman–Crippen MR) is 91.8 cm³/mol. The lowest BCUT2D eigenvalue weighted by Gasteiger charge is -2.05. The van der Waals surface area contributed by atoms with E-state index < -0.39 is 26.4 Å². The number of hydrogen-bond donors (Lipinski definition) is 0. The molecular weight excluding hydrogens is 360 g/mol. The highest BCUT2D eigenvalue weighted by Gasteiger charge is 2.73. The molecule has 0 spiro atoms. The maximum absolute atomic E-state index is 13.0. The Morgan fingerprint density at radius 1 is 1.04 bits per heavy atom. The van der Waals surface area contributed by atoms with Crippen molar-refractivity contribution in [2.24, 2.45) is 5.41 Å². The molecule has 0 aliphatic heterocycles. The van der Waals surface area contributed by atoms with E-state index in [4.69, 9.17) is 16.3 Å². The Labute approximate surface area is 150 Å². The standard InChI is InChI=1S/C18H13ClN2O3S/c1-24-14-6-2-12(3-7-14)16-17(18(16,10-20)11-21)25(22,23)15-8-4-13(19)5-9-15/h2-9,16-17H,1H3/t16-,17-/m1/s1. The van der Waals surface area contributed by atoms with Gasteiger partial charge in [0, 0.05) is 10.9 Å². The third-order valence-corrected chi connectivity index (χ3v) is 6.95. The Morgan fingerprint density at radius 3 is 2.08 bits per heavy atom. The average molecular weight is 373 g/mol. The van der Waals surface area contributed by atoms with Gasteiger partial charge in [-0.2, -0.15) is 10.5 Å². The second-order valence-corrected chi connectivity index (χ2v) is 8.27. The fraction of sp³-hybridized carbons (Fsp3) is 0.222. The van der Waals surface area contributed by atoms with Crippen molar-refractivity contribution in [2.75, 3.05) is 7.11 Å². The molecule has 0 bridgehead atoms. The molecule has 0 N–H and O–H groups in total. The zero-order valence-electron chi connectivity index (χ0n) is 13.2. The molecule has 7 heteroatoms. The summed E-state index contributed by atoms with van der Waals surface area (Å²) >= 11 is 5.81. The number of halogens is 1. The van der Waals surface area contributed by atoms with E-state index in [-0.39, 0.29) is 4.90 Å². The molecule has 5 nitrogen and oxygen atoms in total. The molecule has 1 saturated carbocycles. The number of sulfone groups is 1. The summed E-state index contributed by atoms with van der Waals surface area (Å²) in [5, 5.41) is 18.4. The van der Waals surface area contributed by atoms with E-state index in [9.17, 15) is 18.9 Å². The van der Waals surface area contributed by atoms with E-state index in [1.807, 2.05) is 12.1 Å². The number of rotatable bonds is 4. The number of methoxy groups -OCH3 is 1. The van der Waals surface area contributed by atoms with Crippen molar-refractivity contribution >= 4 is 21.4 Å². The van der Waals surface area contributed by atoms with Gasteiger partial charge in [0.05, 0.1) is 24.1 Å². The molecule has 126 valence electrons. The highest BCUT2D eigenvalue weighted by molar-refractivity contribution is 7.92. The van der Waals surface area contributed by atoms with Gasteiger partial charge in [0.15, 0.2) is 15.3 Å². The Bertz CT molecular complexity index is 973. The van der Waals surface area contributed by atoms with Crippen LogP contribution >= 0.6 is 11.6 Å². The van der Waals surface area contributed by atoms with Gasteiger partial charge in [-0.3, -0.25) is 0 Å². The van der Waals surface area contributed by atoms with Gasteiger partial charge in [0.25, 0.3) is 0 Å². The topological polar surface area (TPSA) is 90.9 Å². The van der Waals surface area contributed by atoms with E-state index in [1.165, 1.54) is 31.4 Å². The number of nitriles is 2. The van der Waals surface area contributed by atoms with Gasteiger partial charge in [0.2, 0.25) is 0 Å². The molecule has 0 radical (unpaired) electrons. The van der Waals surface area contributed by atoms with Crippen molar-refractivity contribution in [1.82, 2.24) is 0 Å². The van der Waals surface area contributed by atoms with Crippen LogP contribution in [-0.2, 0) is 9.84 Å². The van der Waals surface area contributed by atoms with Gasteiger partial charge in [-0.15, -0.1) is 0 Å². The largest absolute Gasteiger partial charge is 0.497 e. The van der Waals surface area contributed by atoms with E-state index >= 15 is 0 Å².